The Labute approximate surface area is 114 Å². The third-order valence-corrected chi connectivity index (χ3v) is 2.60. The van der Waals surface area contributed by atoms with E-state index in [2.05, 4.69) is 15.2 Å². The Morgan fingerprint density at radius 2 is 2.00 bits per heavy atom. The molecule has 0 saturated carbocycles. The van der Waals surface area contributed by atoms with Crippen LogP contribution < -0.4 is 10.1 Å². The summed E-state index contributed by atoms with van der Waals surface area (Å²) in [5.74, 6) is -0.334. The topological polar surface area (TPSA) is 56.2 Å². The molecule has 0 bridgehead atoms. The van der Waals surface area contributed by atoms with Gasteiger partial charge in [0.15, 0.2) is 0 Å². The number of hydrogen-bond donors (Lipinski definition) is 1. The molecule has 0 atom stereocenters. The molecule has 0 saturated heterocycles. The number of rotatable bonds is 4. The zero-order chi connectivity index (χ0) is 14.7. The highest BCUT2D eigenvalue weighted by atomic mass is 19.3. The van der Waals surface area contributed by atoms with Crippen molar-refractivity contribution in [1.29, 1.82) is 0 Å². The van der Waals surface area contributed by atoms with Crippen molar-refractivity contribution in [1.82, 2.24) is 9.78 Å². The molecule has 0 unspecified atom stereocenters. The van der Waals surface area contributed by atoms with Gasteiger partial charge in [-0.1, -0.05) is 0 Å². The molecule has 0 aliphatic rings. The first-order valence-electron chi connectivity index (χ1n) is 5.82. The summed E-state index contributed by atoms with van der Waals surface area (Å²) in [6.45, 7) is -1.11. The number of alkyl halides is 2. The lowest BCUT2D eigenvalue weighted by Crippen LogP contribution is -2.12. The molecule has 0 radical (unpaired) electrons. The van der Waals surface area contributed by atoms with Gasteiger partial charge in [-0.25, -0.2) is 0 Å². The first-order valence-corrected chi connectivity index (χ1v) is 5.82. The van der Waals surface area contributed by atoms with Gasteiger partial charge in [-0.05, 0) is 31.2 Å². The predicted molar refractivity (Wildman–Crippen MR) is 69.0 cm³/mol. The summed E-state index contributed by atoms with van der Waals surface area (Å²) in [5, 5.41) is 6.80. The van der Waals surface area contributed by atoms with E-state index in [9.17, 15) is 13.6 Å². The molecule has 1 amide bonds. The van der Waals surface area contributed by atoms with Crippen molar-refractivity contribution in [3.05, 3.63) is 41.7 Å². The molecular formula is C13H13F2N3O2. The minimum atomic E-state index is -2.88. The van der Waals surface area contributed by atoms with Crippen molar-refractivity contribution in [3.63, 3.8) is 0 Å². The van der Waals surface area contributed by atoms with Gasteiger partial charge in [-0.3, -0.25) is 9.48 Å². The fraction of sp³-hybridized carbons (Fsp3) is 0.231. The summed E-state index contributed by atoms with van der Waals surface area (Å²) in [6, 6.07) is 5.46. The van der Waals surface area contributed by atoms with Crippen molar-refractivity contribution < 1.29 is 18.3 Å². The first-order chi connectivity index (χ1) is 9.45. The van der Waals surface area contributed by atoms with E-state index in [1.165, 1.54) is 24.3 Å². The van der Waals surface area contributed by atoms with Crippen molar-refractivity contribution in [2.24, 2.45) is 7.05 Å². The van der Waals surface area contributed by atoms with E-state index in [0.717, 1.165) is 0 Å². The fourth-order valence-electron chi connectivity index (χ4n) is 1.70. The van der Waals surface area contributed by atoms with E-state index in [-0.39, 0.29) is 11.7 Å². The molecule has 0 fully saturated rings. The number of nitrogens with zero attached hydrogens (tertiary/aromatic N) is 2. The average molecular weight is 281 g/mol. The van der Waals surface area contributed by atoms with Gasteiger partial charge in [-0.15, -0.1) is 0 Å². The van der Waals surface area contributed by atoms with Gasteiger partial charge < -0.3 is 10.1 Å². The molecule has 1 N–H and O–H groups in total. The van der Waals surface area contributed by atoms with E-state index in [4.69, 9.17) is 0 Å². The number of carbonyl (C=O) groups is 1. The molecule has 7 heteroatoms. The third kappa shape index (κ3) is 3.31. The SMILES string of the molecule is Cc1nn(C)cc1NC(=O)c1ccc(OC(F)F)cc1. The first kappa shape index (κ1) is 14.0. The lowest BCUT2D eigenvalue weighted by Gasteiger charge is -2.06. The highest BCUT2D eigenvalue weighted by Crippen LogP contribution is 2.17. The number of anilines is 1. The van der Waals surface area contributed by atoms with Crippen LogP contribution in [0.4, 0.5) is 14.5 Å². The van der Waals surface area contributed by atoms with Crippen LogP contribution in [-0.4, -0.2) is 22.3 Å². The minimum absolute atomic E-state index is 0.00843. The second-order valence-electron chi connectivity index (χ2n) is 4.16. The Balaban J connectivity index is 2.07. The van der Waals surface area contributed by atoms with Crippen LogP contribution in [0.15, 0.2) is 30.5 Å². The summed E-state index contributed by atoms with van der Waals surface area (Å²) in [6.07, 6.45) is 1.68. The maximum atomic E-state index is 12.0. The summed E-state index contributed by atoms with van der Waals surface area (Å²) >= 11 is 0. The van der Waals surface area contributed by atoms with Crippen LogP contribution in [-0.2, 0) is 7.05 Å². The zero-order valence-electron chi connectivity index (χ0n) is 10.9. The number of amides is 1. The number of carbonyl (C=O) groups excluding carboxylic acids is 1. The number of hydrogen-bond acceptors (Lipinski definition) is 3. The Morgan fingerprint density at radius 1 is 1.35 bits per heavy atom. The zero-order valence-corrected chi connectivity index (χ0v) is 10.9. The third-order valence-electron chi connectivity index (χ3n) is 2.60. The number of nitrogens with one attached hydrogen (secondary N) is 1. The molecule has 0 spiro atoms. The molecule has 1 aromatic carbocycles. The molecule has 20 heavy (non-hydrogen) atoms. The van der Waals surface area contributed by atoms with Gasteiger partial charge in [0.05, 0.1) is 11.4 Å². The molecule has 0 aliphatic carbocycles. The standard InChI is InChI=1S/C13H13F2N3O2/c1-8-11(7-18(2)17-8)16-12(19)9-3-5-10(6-4-9)20-13(14)15/h3-7,13H,1-2H3,(H,16,19). The fourth-order valence-corrected chi connectivity index (χ4v) is 1.70. The van der Waals surface area contributed by atoms with E-state index < -0.39 is 6.61 Å². The molecule has 5 nitrogen and oxygen atoms in total. The molecule has 106 valence electrons. The lowest BCUT2D eigenvalue weighted by atomic mass is 10.2. The van der Waals surface area contributed by atoms with Crippen molar-refractivity contribution in [2.75, 3.05) is 5.32 Å². The van der Waals surface area contributed by atoms with Crippen molar-refractivity contribution in [2.45, 2.75) is 13.5 Å². The largest absolute Gasteiger partial charge is 0.435 e. The van der Waals surface area contributed by atoms with Crippen molar-refractivity contribution in [3.8, 4) is 5.75 Å². The van der Waals surface area contributed by atoms with Gasteiger partial charge in [0.1, 0.15) is 5.75 Å². The van der Waals surface area contributed by atoms with Crippen LogP contribution in [0.2, 0.25) is 0 Å². The van der Waals surface area contributed by atoms with Crippen LogP contribution in [0.25, 0.3) is 0 Å². The van der Waals surface area contributed by atoms with E-state index in [0.29, 0.717) is 16.9 Å². The maximum Gasteiger partial charge on any atom is 0.387 e. The van der Waals surface area contributed by atoms with Gasteiger partial charge in [-0.2, -0.15) is 13.9 Å². The molecule has 0 aliphatic heterocycles. The number of aryl methyl sites for hydroxylation is 2. The number of benzene rings is 1. The van der Waals surface area contributed by atoms with Crippen LogP contribution in [0.5, 0.6) is 5.75 Å². The van der Waals surface area contributed by atoms with Gasteiger partial charge in [0.25, 0.3) is 5.91 Å². The molecule has 1 aromatic heterocycles. The van der Waals surface area contributed by atoms with Gasteiger partial charge in [0, 0.05) is 18.8 Å². The van der Waals surface area contributed by atoms with Gasteiger partial charge >= 0.3 is 6.61 Å². The van der Waals surface area contributed by atoms with E-state index in [1.807, 2.05) is 0 Å². The smallest absolute Gasteiger partial charge is 0.387 e. The van der Waals surface area contributed by atoms with Crippen LogP contribution in [0.1, 0.15) is 16.1 Å². The molecule has 2 aromatic rings. The minimum Gasteiger partial charge on any atom is -0.435 e. The Bertz CT molecular complexity index is 609. The monoisotopic (exact) mass is 281 g/mol. The highest BCUT2D eigenvalue weighted by Gasteiger charge is 2.11. The van der Waals surface area contributed by atoms with Crippen LogP contribution in [0, 0.1) is 6.92 Å². The van der Waals surface area contributed by atoms with Crippen LogP contribution in [0.3, 0.4) is 0 Å². The average Bonchev–Trinajstić information content (AvgIpc) is 2.68. The van der Waals surface area contributed by atoms with Crippen molar-refractivity contribution >= 4 is 11.6 Å². The second-order valence-corrected chi connectivity index (χ2v) is 4.16. The Kier molecular flexibility index (Phi) is 3.97. The second kappa shape index (κ2) is 5.68. The summed E-state index contributed by atoms with van der Waals surface area (Å²) < 4.78 is 29.8. The Morgan fingerprint density at radius 3 is 2.50 bits per heavy atom. The predicted octanol–water partition coefficient (Wildman–Crippen LogP) is 2.58. The molecular weight excluding hydrogens is 268 g/mol. The molecule has 1 heterocycles. The van der Waals surface area contributed by atoms with E-state index in [1.54, 1.807) is 24.9 Å². The summed E-state index contributed by atoms with van der Waals surface area (Å²) in [7, 11) is 1.75. The molecule has 2 rings (SSSR count). The Hall–Kier alpha value is -2.44. The highest BCUT2D eigenvalue weighted by molar-refractivity contribution is 6.04. The number of ether oxygens (including phenoxy) is 1. The van der Waals surface area contributed by atoms with E-state index >= 15 is 0 Å². The van der Waals surface area contributed by atoms with Gasteiger partial charge in [0.2, 0.25) is 0 Å². The number of halogens is 2. The maximum absolute atomic E-state index is 12.0. The normalized spacial score (nSPS) is 10.7. The lowest BCUT2D eigenvalue weighted by molar-refractivity contribution is -0.0498. The number of aromatic nitrogens is 2. The quantitative estimate of drug-likeness (QED) is 0.937. The van der Waals surface area contributed by atoms with Crippen LogP contribution >= 0.6 is 0 Å². The summed E-state index contributed by atoms with van der Waals surface area (Å²) in [4.78, 5) is 12.0. The summed E-state index contributed by atoms with van der Waals surface area (Å²) in [5.41, 5.74) is 1.64.